The van der Waals surface area contributed by atoms with Crippen LogP contribution in [0.5, 0.6) is 0 Å². The van der Waals surface area contributed by atoms with E-state index in [1.54, 1.807) is 0 Å². The fraction of sp³-hybridized carbons (Fsp3) is 0.800. The van der Waals surface area contributed by atoms with Crippen molar-refractivity contribution in [2.75, 3.05) is 0 Å². The Balaban J connectivity index is 2.29. The predicted octanol–water partition coefficient (Wildman–Crippen LogP) is 4.64. The maximum Gasteiger partial charge on any atom is 0.0653 e. The van der Waals surface area contributed by atoms with Gasteiger partial charge < -0.3 is 0 Å². The molecule has 1 aliphatic rings. The molecule has 2 nitrogen and oxygen atoms in total. The summed E-state index contributed by atoms with van der Waals surface area (Å²) in [6.45, 7) is 9.02. The van der Waals surface area contributed by atoms with Crippen LogP contribution in [0, 0.1) is 0 Å². The van der Waals surface area contributed by atoms with Crippen LogP contribution in [0.3, 0.4) is 0 Å². The second kappa shape index (κ2) is 5.24. The maximum absolute atomic E-state index is 4.87. The van der Waals surface area contributed by atoms with Gasteiger partial charge >= 0.3 is 0 Å². The molecule has 0 saturated heterocycles. The van der Waals surface area contributed by atoms with Crippen LogP contribution in [-0.4, -0.2) is 9.78 Å². The fourth-order valence-electron chi connectivity index (χ4n) is 2.76. The van der Waals surface area contributed by atoms with Crippen molar-refractivity contribution in [2.24, 2.45) is 0 Å². The highest BCUT2D eigenvalue weighted by Gasteiger charge is 2.21. The molecule has 1 saturated carbocycles. The summed E-state index contributed by atoms with van der Waals surface area (Å²) in [4.78, 5) is 0. The van der Waals surface area contributed by atoms with Gasteiger partial charge in [0, 0.05) is 5.69 Å². The van der Waals surface area contributed by atoms with Gasteiger partial charge in [0.1, 0.15) is 0 Å². The molecule has 1 aromatic heterocycles. The van der Waals surface area contributed by atoms with Crippen LogP contribution in [0.2, 0.25) is 0 Å². The van der Waals surface area contributed by atoms with E-state index in [9.17, 15) is 0 Å². The van der Waals surface area contributed by atoms with Gasteiger partial charge in [-0.05, 0) is 30.7 Å². The van der Waals surface area contributed by atoms with Crippen LogP contribution < -0.4 is 0 Å². The van der Waals surface area contributed by atoms with E-state index in [2.05, 4.69) is 38.4 Å². The molecule has 1 aliphatic carbocycles. The Hall–Kier alpha value is -0.790. The van der Waals surface area contributed by atoms with Crippen molar-refractivity contribution in [2.45, 2.75) is 77.7 Å². The van der Waals surface area contributed by atoms with Crippen LogP contribution in [-0.2, 0) is 0 Å². The van der Waals surface area contributed by atoms with Gasteiger partial charge in [-0.3, -0.25) is 4.68 Å². The minimum atomic E-state index is 0.539. The first-order valence-electron chi connectivity index (χ1n) is 7.19. The Bertz CT molecular complexity index is 357. The Morgan fingerprint density at radius 2 is 1.71 bits per heavy atom. The van der Waals surface area contributed by atoms with E-state index in [1.165, 1.54) is 43.5 Å². The molecule has 0 aromatic carbocycles. The third-order valence-corrected chi connectivity index (χ3v) is 3.89. The van der Waals surface area contributed by atoms with E-state index >= 15 is 0 Å². The second-order valence-corrected chi connectivity index (χ2v) is 6.04. The summed E-state index contributed by atoms with van der Waals surface area (Å²) in [6, 6.07) is 2.98. The molecule has 1 fully saturated rings. The third kappa shape index (κ3) is 2.72. The molecule has 0 atom stereocenters. The van der Waals surface area contributed by atoms with Gasteiger partial charge in [-0.2, -0.15) is 5.10 Å². The van der Waals surface area contributed by atoms with Crippen molar-refractivity contribution in [3.63, 3.8) is 0 Å². The SMILES string of the molecule is CC(C)c1cc(C(C)C)n(C2CCCCC2)n1. The van der Waals surface area contributed by atoms with Gasteiger partial charge in [0.15, 0.2) is 0 Å². The van der Waals surface area contributed by atoms with Crippen LogP contribution in [0.15, 0.2) is 6.07 Å². The van der Waals surface area contributed by atoms with E-state index in [1.807, 2.05) is 0 Å². The molecule has 0 spiro atoms. The molecule has 0 unspecified atom stereocenters. The van der Waals surface area contributed by atoms with E-state index in [-0.39, 0.29) is 0 Å². The summed E-state index contributed by atoms with van der Waals surface area (Å²) in [6.07, 6.45) is 6.79. The van der Waals surface area contributed by atoms with Crippen molar-refractivity contribution in [3.05, 3.63) is 17.5 Å². The molecule has 1 aromatic rings. The van der Waals surface area contributed by atoms with Gasteiger partial charge in [0.05, 0.1) is 11.7 Å². The van der Waals surface area contributed by atoms with Crippen LogP contribution >= 0.6 is 0 Å². The zero-order chi connectivity index (χ0) is 12.4. The van der Waals surface area contributed by atoms with Gasteiger partial charge in [0.2, 0.25) is 0 Å². The highest BCUT2D eigenvalue weighted by atomic mass is 15.3. The molecule has 17 heavy (non-hydrogen) atoms. The van der Waals surface area contributed by atoms with E-state index in [0.29, 0.717) is 17.9 Å². The van der Waals surface area contributed by atoms with Crippen molar-refractivity contribution in [1.82, 2.24) is 9.78 Å². The summed E-state index contributed by atoms with van der Waals surface area (Å²) < 4.78 is 2.35. The predicted molar refractivity (Wildman–Crippen MR) is 72.5 cm³/mol. The van der Waals surface area contributed by atoms with Gasteiger partial charge in [-0.1, -0.05) is 47.0 Å². The topological polar surface area (TPSA) is 17.8 Å². The Morgan fingerprint density at radius 1 is 1.06 bits per heavy atom. The maximum atomic E-state index is 4.87. The monoisotopic (exact) mass is 234 g/mol. The van der Waals surface area contributed by atoms with E-state index in [0.717, 1.165) is 0 Å². The zero-order valence-corrected chi connectivity index (χ0v) is 11.7. The zero-order valence-electron chi connectivity index (χ0n) is 11.7. The van der Waals surface area contributed by atoms with Crippen molar-refractivity contribution < 1.29 is 0 Å². The quantitative estimate of drug-likeness (QED) is 0.745. The lowest BCUT2D eigenvalue weighted by molar-refractivity contribution is 0.317. The standard InChI is InChI=1S/C15H26N2/c1-11(2)14-10-15(12(3)4)17(16-14)13-8-6-5-7-9-13/h10-13H,5-9H2,1-4H3. The second-order valence-electron chi connectivity index (χ2n) is 6.04. The number of rotatable bonds is 3. The summed E-state index contributed by atoms with van der Waals surface area (Å²) in [5, 5.41) is 4.87. The average molecular weight is 234 g/mol. The Labute approximate surface area is 105 Å². The minimum Gasteiger partial charge on any atom is -0.266 e. The van der Waals surface area contributed by atoms with Gasteiger partial charge in [-0.15, -0.1) is 0 Å². The average Bonchev–Trinajstić information content (AvgIpc) is 2.75. The van der Waals surface area contributed by atoms with Crippen LogP contribution in [0.25, 0.3) is 0 Å². The lowest BCUT2D eigenvalue weighted by atomic mass is 9.95. The van der Waals surface area contributed by atoms with Crippen LogP contribution in [0.1, 0.15) is 89.1 Å². The number of hydrogen-bond donors (Lipinski definition) is 0. The summed E-state index contributed by atoms with van der Waals surface area (Å²) >= 11 is 0. The van der Waals surface area contributed by atoms with E-state index in [4.69, 9.17) is 5.10 Å². The first-order chi connectivity index (χ1) is 8.09. The Kier molecular flexibility index (Phi) is 3.90. The summed E-state index contributed by atoms with van der Waals surface area (Å²) in [7, 11) is 0. The smallest absolute Gasteiger partial charge is 0.0653 e. The van der Waals surface area contributed by atoms with Crippen molar-refractivity contribution in [1.29, 1.82) is 0 Å². The molecule has 0 bridgehead atoms. The first-order valence-corrected chi connectivity index (χ1v) is 7.19. The molecule has 1 heterocycles. The first kappa shape index (κ1) is 12.7. The molecule has 0 radical (unpaired) electrons. The lowest BCUT2D eigenvalue weighted by Gasteiger charge is -2.25. The molecule has 96 valence electrons. The number of hydrogen-bond acceptors (Lipinski definition) is 1. The fourth-order valence-corrected chi connectivity index (χ4v) is 2.76. The normalized spacial score (nSPS) is 18.2. The molecular weight excluding hydrogens is 208 g/mol. The van der Waals surface area contributed by atoms with Gasteiger partial charge in [-0.25, -0.2) is 0 Å². The highest BCUT2D eigenvalue weighted by molar-refractivity contribution is 5.17. The molecule has 0 aliphatic heterocycles. The van der Waals surface area contributed by atoms with Gasteiger partial charge in [0.25, 0.3) is 0 Å². The molecule has 0 N–H and O–H groups in total. The van der Waals surface area contributed by atoms with E-state index < -0.39 is 0 Å². The molecule has 0 amide bonds. The number of aromatic nitrogens is 2. The molecule has 2 rings (SSSR count). The van der Waals surface area contributed by atoms with Crippen LogP contribution in [0.4, 0.5) is 0 Å². The number of nitrogens with zero attached hydrogens (tertiary/aromatic N) is 2. The Morgan fingerprint density at radius 3 is 2.24 bits per heavy atom. The van der Waals surface area contributed by atoms with Crippen molar-refractivity contribution in [3.8, 4) is 0 Å². The molecule has 2 heteroatoms. The molecular formula is C15H26N2. The van der Waals surface area contributed by atoms with Crippen molar-refractivity contribution >= 4 is 0 Å². The summed E-state index contributed by atoms with van der Waals surface area (Å²) in [5.74, 6) is 1.12. The largest absolute Gasteiger partial charge is 0.266 e. The third-order valence-electron chi connectivity index (χ3n) is 3.89. The highest BCUT2D eigenvalue weighted by Crippen LogP contribution is 2.32. The minimum absolute atomic E-state index is 0.539. The summed E-state index contributed by atoms with van der Waals surface area (Å²) in [5.41, 5.74) is 2.69. The lowest BCUT2D eigenvalue weighted by Crippen LogP contribution is -2.17.